The first-order valence-electron chi connectivity index (χ1n) is 5.86. The largest absolute Gasteiger partial charge is 0.496 e. The van der Waals surface area contributed by atoms with E-state index in [4.69, 9.17) is 15.6 Å². The molecule has 4 heteroatoms. The van der Waals surface area contributed by atoms with Crippen LogP contribution in [0.25, 0.3) is 0 Å². The third-order valence-electron chi connectivity index (χ3n) is 2.32. The average molecular weight is 265 g/mol. The lowest BCUT2D eigenvalue weighted by atomic mass is 10.1. The highest BCUT2D eigenvalue weighted by Crippen LogP contribution is 2.24. The molecule has 1 aromatic rings. The van der Waals surface area contributed by atoms with Gasteiger partial charge in [0.05, 0.1) is 13.7 Å². The van der Waals surface area contributed by atoms with Gasteiger partial charge in [-0.1, -0.05) is 11.8 Å². The molecule has 98 valence electrons. The summed E-state index contributed by atoms with van der Waals surface area (Å²) >= 11 is 1.78. The van der Waals surface area contributed by atoms with Crippen LogP contribution in [0.1, 0.15) is 17.5 Å². The molecule has 3 nitrogen and oxygen atoms in total. The Morgan fingerprint density at radius 2 is 2.28 bits per heavy atom. The molecule has 0 fully saturated rings. The highest BCUT2D eigenvalue weighted by atomic mass is 32.2. The van der Waals surface area contributed by atoms with E-state index in [0.29, 0.717) is 6.54 Å². The second-order valence-corrected chi connectivity index (χ2v) is 4.77. The Labute approximate surface area is 113 Å². The molecule has 0 bridgehead atoms. The molecular formula is C14H19NO2S. The minimum absolute atomic E-state index is 0.242. The highest BCUT2D eigenvalue weighted by Gasteiger charge is 2.03. The zero-order chi connectivity index (χ0) is 13.2. The average Bonchev–Trinajstić information content (AvgIpc) is 2.41. The van der Waals surface area contributed by atoms with Crippen LogP contribution in [-0.4, -0.2) is 31.1 Å². The maximum absolute atomic E-state index is 8.74. The van der Waals surface area contributed by atoms with E-state index in [9.17, 15) is 0 Å². The standard InChI is InChI=1S/C14H19NO2S/c1-17-14-6-5-12(4-2-7-15)10-13(14)11-18-9-3-8-16/h5-6,10,16H,3,7-9,11,15H2,1H3. The predicted molar refractivity (Wildman–Crippen MR) is 76.8 cm³/mol. The quantitative estimate of drug-likeness (QED) is 0.606. The Balaban J connectivity index is 2.72. The summed E-state index contributed by atoms with van der Waals surface area (Å²) in [5.41, 5.74) is 7.44. The van der Waals surface area contributed by atoms with E-state index in [1.165, 1.54) is 0 Å². The molecule has 3 N–H and O–H groups in total. The van der Waals surface area contributed by atoms with Gasteiger partial charge in [-0.15, -0.1) is 0 Å². The van der Waals surface area contributed by atoms with E-state index in [1.807, 2.05) is 18.2 Å². The molecule has 0 aliphatic rings. The summed E-state index contributed by atoms with van der Waals surface area (Å²) in [4.78, 5) is 0. The lowest BCUT2D eigenvalue weighted by Gasteiger charge is -2.08. The van der Waals surface area contributed by atoms with Crippen molar-refractivity contribution in [3.05, 3.63) is 29.3 Å². The SMILES string of the molecule is COc1ccc(C#CCN)cc1CSCCCO. The zero-order valence-corrected chi connectivity index (χ0v) is 11.4. The van der Waals surface area contributed by atoms with Crippen LogP contribution in [0.15, 0.2) is 18.2 Å². The number of rotatable bonds is 6. The first kappa shape index (κ1) is 14.9. The van der Waals surface area contributed by atoms with E-state index in [2.05, 4.69) is 11.8 Å². The second-order valence-electron chi connectivity index (χ2n) is 3.66. The zero-order valence-electron chi connectivity index (χ0n) is 10.6. The third kappa shape index (κ3) is 5.01. The lowest BCUT2D eigenvalue weighted by Crippen LogP contribution is -1.95. The number of thioether (sulfide) groups is 1. The van der Waals surface area contributed by atoms with Crippen molar-refractivity contribution < 1.29 is 9.84 Å². The predicted octanol–water partition coefficient (Wildman–Crippen LogP) is 1.62. The Morgan fingerprint density at radius 3 is 2.94 bits per heavy atom. The third-order valence-corrected chi connectivity index (χ3v) is 3.41. The van der Waals surface area contributed by atoms with Crippen LogP contribution in [0, 0.1) is 11.8 Å². The van der Waals surface area contributed by atoms with Gasteiger partial charge in [0.25, 0.3) is 0 Å². The molecule has 0 heterocycles. The van der Waals surface area contributed by atoms with Crippen LogP contribution < -0.4 is 10.5 Å². The van der Waals surface area contributed by atoms with Crippen LogP contribution in [0.5, 0.6) is 5.75 Å². The molecule has 0 saturated carbocycles. The number of aliphatic hydroxyl groups excluding tert-OH is 1. The summed E-state index contributed by atoms with van der Waals surface area (Å²) in [6.07, 6.45) is 0.819. The summed E-state index contributed by atoms with van der Waals surface area (Å²) in [6, 6.07) is 5.90. The Bertz CT molecular complexity index is 424. The Kier molecular flexibility index (Phi) is 7.35. The van der Waals surface area contributed by atoms with Crippen molar-refractivity contribution >= 4 is 11.8 Å². The molecule has 0 aliphatic carbocycles. The van der Waals surface area contributed by atoms with Crippen molar-refractivity contribution in [2.45, 2.75) is 12.2 Å². The van der Waals surface area contributed by atoms with Crippen molar-refractivity contribution in [3.8, 4) is 17.6 Å². The van der Waals surface area contributed by atoms with E-state index in [0.717, 1.165) is 34.8 Å². The van der Waals surface area contributed by atoms with Crippen LogP contribution in [-0.2, 0) is 5.75 Å². The van der Waals surface area contributed by atoms with Gasteiger partial charge in [-0.2, -0.15) is 11.8 Å². The maximum atomic E-state index is 8.74. The molecule has 0 aliphatic heterocycles. The number of aliphatic hydroxyl groups is 1. The van der Waals surface area contributed by atoms with Crippen molar-refractivity contribution in [2.75, 3.05) is 26.0 Å². The smallest absolute Gasteiger partial charge is 0.122 e. The second kappa shape index (κ2) is 8.87. The summed E-state index contributed by atoms with van der Waals surface area (Å²) < 4.78 is 5.33. The fourth-order valence-corrected chi connectivity index (χ4v) is 2.39. The van der Waals surface area contributed by atoms with Gasteiger partial charge in [0.2, 0.25) is 0 Å². The molecule has 18 heavy (non-hydrogen) atoms. The number of hydrogen-bond donors (Lipinski definition) is 2. The summed E-state index contributed by atoms with van der Waals surface area (Å²) in [7, 11) is 1.67. The topological polar surface area (TPSA) is 55.5 Å². The van der Waals surface area contributed by atoms with Gasteiger partial charge in [-0.3, -0.25) is 0 Å². The van der Waals surface area contributed by atoms with Crippen molar-refractivity contribution in [3.63, 3.8) is 0 Å². The molecule has 1 aromatic carbocycles. The van der Waals surface area contributed by atoms with Crippen molar-refractivity contribution in [1.29, 1.82) is 0 Å². The molecule has 0 spiro atoms. The van der Waals surface area contributed by atoms with E-state index in [-0.39, 0.29) is 6.61 Å². The summed E-state index contributed by atoms with van der Waals surface area (Å²) in [5.74, 6) is 8.55. The highest BCUT2D eigenvalue weighted by molar-refractivity contribution is 7.98. The van der Waals surface area contributed by atoms with Crippen LogP contribution in [0.3, 0.4) is 0 Å². The first-order valence-corrected chi connectivity index (χ1v) is 7.01. The number of hydrogen-bond acceptors (Lipinski definition) is 4. The molecule has 0 aromatic heterocycles. The molecule has 0 radical (unpaired) electrons. The van der Waals surface area contributed by atoms with Crippen LogP contribution in [0.4, 0.5) is 0 Å². The van der Waals surface area contributed by atoms with Gasteiger partial charge in [-0.25, -0.2) is 0 Å². The molecule has 0 unspecified atom stereocenters. The van der Waals surface area contributed by atoms with Crippen LogP contribution >= 0.6 is 11.8 Å². The minimum atomic E-state index is 0.242. The number of ether oxygens (including phenoxy) is 1. The van der Waals surface area contributed by atoms with Crippen molar-refractivity contribution in [2.24, 2.45) is 5.73 Å². The minimum Gasteiger partial charge on any atom is -0.496 e. The molecule has 1 rings (SSSR count). The first-order chi connectivity index (χ1) is 8.81. The molecule has 0 atom stereocenters. The summed E-state index contributed by atoms with van der Waals surface area (Å²) in [5, 5.41) is 8.74. The molecular weight excluding hydrogens is 246 g/mol. The molecule has 0 saturated heterocycles. The fourth-order valence-electron chi connectivity index (χ4n) is 1.47. The lowest BCUT2D eigenvalue weighted by molar-refractivity contribution is 0.296. The Morgan fingerprint density at radius 1 is 1.44 bits per heavy atom. The van der Waals surface area contributed by atoms with E-state index in [1.54, 1.807) is 18.9 Å². The number of benzene rings is 1. The van der Waals surface area contributed by atoms with E-state index < -0.39 is 0 Å². The maximum Gasteiger partial charge on any atom is 0.122 e. The molecule has 0 amide bonds. The summed E-state index contributed by atoms with van der Waals surface area (Å²) in [6.45, 7) is 0.610. The Hall–Kier alpha value is -1.15. The van der Waals surface area contributed by atoms with Gasteiger partial charge in [-0.05, 0) is 30.4 Å². The van der Waals surface area contributed by atoms with Gasteiger partial charge in [0.15, 0.2) is 0 Å². The normalized spacial score (nSPS) is 9.72. The monoisotopic (exact) mass is 265 g/mol. The fraction of sp³-hybridized carbons (Fsp3) is 0.429. The van der Waals surface area contributed by atoms with Gasteiger partial charge < -0.3 is 15.6 Å². The van der Waals surface area contributed by atoms with Gasteiger partial charge in [0, 0.05) is 23.5 Å². The van der Waals surface area contributed by atoms with E-state index >= 15 is 0 Å². The van der Waals surface area contributed by atoms with Crippen molar-refractivity contribution in [1.82, 2.24) is 0 Å². The van der Waals surface area contributed by atoms with Gasteiger partial charge >= 0.3 is 0 Å². The number of methoxy groups -OCH3 is 1. The van der Waals surface area contributed by atoms with Crippen LogP contribution in [0.2, 0.25) is 0 Å². The van der Waals surface area contributed by atoms with Gasteiger partial charge in [0.1, 0.15) is 5.75 Å². The number of nitrogens with two attached hydrogens (primary N) is 1.